The van der Waals surface area contributed by atoms with Gasteiger partial charge < -0.3 is 10.8 Å². The van der Waals surface area contributed by atoms with E-state index < -0.39 is 4.92 Å². The fourth-order valence-corrected chi connectivity index (χ4v) is 1.98. The molecule has 0 aliphatic heterocycles. The number of phenols is 1. The zero-order chi connectivity index (χ0) is 11.7. The minimum Gasteiger partial charge on any atom is -0.508 e. The Morgan fingerprint density at radius 1 is 1.50 bits per heavy atom. The van der Waals surface area contributed by atoms with Gasteiger partial charge in [-0.3, -0.25) is 10.1 Å². The molecule has 2 rings (SSSR count). The van der Waals surface area contributed by atoms with E-state index in [0.29, 0.717) is 11.5 Å². The van der Waals surface area contributed by atoms with Gasteiger partial charge in [0.2, 0.25) is 0 Å². The lowest BCUT2D eigenvalue weighted by molar-refractivity contribution is -0.385. The van der Waals surface area contributed by atoms with Crippen molar-refractivity contribution in [1.29, 1.82) is 0 Å². The third-order valence-electron chi connectivity index (χ3n) is 3.24. The second-order valence-electron chi connectivity index (χ2n) is 4.22. The molecule has 5 heteroatoms. The molecule has 0 bridgehead atoms. The van der Waals surface area contributed by atoms with Gasteiger partial charge in [0, 0.05) is 23.7 Å². The first-order valence-corrected chi connectivity index (χ1v) is 5.32. The quantitative estimate of drug-likeness (QED) is 0.605. The van der Waals surface area contributed by atoms with Gasteiger partial charge in [-0.05, 0) is 24.8 Å². The predicted octanol–water partition coefficient (Wildman–Crippen LogP) is 2.10. The van der Waals surface area contributed by atoms with Crippen LogP contribution in [0.15, 0.2) is 18.2 Å². The number of aromatic hydroxyl groups is 1. The fraction of sp³-hybridized carbons (Fsp3) is 0.455. The van der Waals surface area contributed by atoms with Crippen molar-refractivity contribution in [3.05, 3.63) is 33.9 Å². The molecule has 0 spiro atoms. The Morgan fingerprint density at radius 3 is 2.69 bits per heavy atom. The van der Waals surface area contributed by atoms with Crippen molar-refractivity contribution in [3.8, 4) is 5.75 Å². The van der Waals surface area contributed by atoms with Crippen LogP contribution in [0.4, 0.5) is 5.69 Å². The van der Waals surface area contributed by atoms with Gasteiger partial charge in [-0.25, -0.2) is 0 Å². The van der Waals surface area contributed by atoms with Gasteiger partial charge in [0.15, 0.2) is 0 Å². The first kappa shape index (κ1) is 10.9. The van der Waals surface area contributed by atoms with E-state index in [-0.39, 0.29) is 17.5 Å². The number of nitro benzene ring substituents is 1. The van der Waals surface area contributed by atoms with Crippen LogP contribution >= 0.6 is 0 Å². The fourth-order valence-electron chi connectivity index (χ4n) is 1.98. The van der Waals surface area contributed by atoms with E-state index in [4.69, 9.17) is 5.73 Å². The number of nitrogens with zero attached hydrogens (tertiary/aromatic N) is 1. The van der Waals surface area contributed by atoms with Crippen LogP contribution in [0, 0.1) is 16.0 Å². The third-order valence-corrected chi connectivity index (χ3v) is 3.24. The van der Waals surface area contributed by atoms with E-state index in [1.54, 1.807) is 0 Å². The molecule has 0 saturated heterocycles. The first-order valence-electron chi connectivity index (χ1n) is 5.32. The molecule has 0 unspecified atom stereocenters. The number of non-ortho nitro benzene ring substituents is 1. The van der Waals surface area contributed by atoms with Crippen LogP contribution in [0.1, 0.15) is 30.9 Å². The Morgan fingerprint density at radius 2 is 2.19 bits per heavy atom. The highest BCUT2D eigenvalue weighted by Crippen LogP contribution is 2.39. The summed E-state index contributed by atoms with van der Waals surface area (Å²) in [6.07, 6.45) is 3.21. The Kier molecular flexibility index (Phi) is 2.78. The van der Waals surface area contributed by atoms with Crippen molar-refractivity contribution in [2.75, 3.05) is 0 Å². The SMILES string of the molecule is N[C@H](c1cc([N+](=O)[O-])ccc1O)C1CCC1. The van der Waals surface area contributed by atoms with E-state index in [0.717, 1.165) is 19.3 Å². The van der Waals surface area contributed by atoms with Crippen LogP contribution in [0.5, 0.6) is 5.75 Å². The standard InChI is InChI=1S/C11H14N2O3/c12-11(7-2-1-3-7)9-6-8(13(15)16)4-5-10(9)14/h4-7,11,14H,1-3,12H2/t11-/m0/s1. The second kappa shape index (κ2) is 4.09. The summed E-state index contributed by atoms with van der Waals surface area (Å²) < 4.78 is 0. The van der Waals surface area contributed by atoms with E-state index in [9.17, 15) is 15.2 Å². The van der Waals surface area contributed by atoms with E-state index in [2.05, 4.69) is 0 Å². The van der Waals surface area contributed by atoms with Crippen LogP contribution in [0.2, 0.25) is 0 Å². The van der Waals surface area contributed by atoms with Gasteiger partial charge in [0.1, 0.15) is 5.75 Å². The molecule has 86 valence electrons. The monoisotopic (exact) mass is 222 g/mol. The molecule has 0 heterocycles. The predicted molar refractivity (Wildman–Crippen MR) is 59.0 cm³/mol. The van der Waals surface area contributed by atoms with Gasteiger partial charge in [-0.1, -0.05) is 6.42 Å². The smallest absolute Gasteiger partial charge is 0.270 e. The van der Waals surface area contributed by atoms with Crippen LogP contribution in [-0.4, -0.2) is 10.0 Å². The number of benzene rings is 1. The molecule has 1 aromatic rings. The molecule has 0 radical (unpaired) electrons. The molecule has 1 aliphatic rings. The highest BCUT2D eigenvalue weighted by Gasteiger charge is 2.28. The van der Waals surface area contributed by atoms with Crippen molar-refractivity contribution in [2.45, 2.75) is 25.3 Å². The van der Waals surface area contributed by atoms with Crippen LogP contribution in [0.3, 0.4) is 0 Å². The van der Waals surface area contributed by atoms with Crippen LogP contribution < -0.4 is 5.73 Å². The maximum Gasteiger partial charge on any atom is 0.270 e. The number of nitrogens with two attached hydrogens (primary N) is 1. The zero-order valence-corrected chi connectivity index (χ0v) is 8.80. The summed E-state index contributed by atoms with van der Waals surface area (Å²) in [5.41, 5.74) is 6.45. The molecule has 0 amide bonds. The summed E-state index contributed by atoms with van der Waals surface area (Å²) in [7, 11) is 0. The molecular formula is C11H14N2O3. The minimum atomic E-state index is -0.476. The Labute approximate surface area is 93.0 Å². The number of hydrogen-bond donors (Lipinski definition) is 2. The van der Waals surface area contributed by atoms with Gasteiger partial charge in [0.25, 0.3) is 5.69 Å². The molecule has 1 saturated carbocycles. The lowest BCUT2D eigenvalue weighted by Gasteiger charge is -2.31. The molecule has 0 aromatic heterocycles. The van der Waals surface area contributed by atoms with Crippen molar-refractivity contribution in [1.82, 2.24) is 0 Å². The third kappa shape index (κ3) is 1.86. The van der Waals surface area contributed by atoms with Crippen molar-refractivity contribution >= 4 is 5.69 Å². The summed E-state index contributed by atoms with van der Waals surface area (Å²) in [6.45, 7) is 0. The highest BCUT2D eigenvalue weighted by molar-refractivity contribution is 5.44. The van der Waals surface area contributed by atoms with E-state index >= 15 is 0 Å². The highest BCUT2D eigenvalue weighted by atomic mass is 16.6. The number of phenolic OH excluding ortho intramolecular Hbond substituents is 1. The summed E-state index contributed by atoms with van der Waals surface area (Å²) in [5, 5.41) is 20.3. The van der Waals surface area contributed by atoms with Crippen LogP contribution in [0.25, 0.3) is 0 Å². The maximum absolute atomic E-state index is 10.6. The molecule has 16 heavy (non-hydrogen) atoms. The first-order chi connectivity index (χ1) is 7.59. The number of rotatable bonds is 3. The van der Waals surface area contributed by atoms with Crippen molar-refractivity contribution in [2.24, 2.45) is 11.7 Å². The molecule has 3 N–H and O–H groups in total. The number of hydrogen-bond acceptors (Lipinski definition) is 4. The van der Waals surface area contributed by atoms with Gasteiger partial charge >= 0.3 is 0 Å². The van der Waals surface area contributed by atoms with Gasteiger partial charge in [0.05, 0.1) is 4.92 Å². The Hall–Kier alpha value is -1.62. The zero-order valence-electron chi connectivity index (χ0n) is 8.80. The van der Waals surface area contributed by atoms with Crippen molar-refractivity contribution in [3.63, 3.8) is 0 Å². The average Bonchev–Trinajstić information content (AvgIpc) is 2.15. The van der Waals surface area contributed by atoms with E-state index in [1.165, 1.54) is 18.2 Å². The van der Waals surface area contributed by atoms with Gasteiger partial charge in [-0.15, -0.1) is 0 Å². The second-order valence-corrected chi connectivity index (χ2v) is 4.22. The topological polar surface area (TPSA) is 89.4 Å². The molecule has 1 aromatic carbocycles. The molecule has 5 nitrogen and oxygen atoms in total. The molecular weight excluding hydrogens is 208 g/mol. The number of nitro groups is 1. The van der Waals surface area contributed by atoms with E-state index in [1.807, 2.05) is 0 Å². The van der Waals surface area contributed by atoms with Crippen molar-refractivity contribution < 1.29 is 10.0 Å². The largest absolute Gasteiger partial charge is 0.508 e. The average molecular weight is 222 g/mol. The summed E-state index contributed by atoms with van der Waals surface area (Å²) >= 11 is 0. The summed E-state index contributed by atoms with van der Waals surface area (Å²) in [5.74, 6) is 0.387. The van der Waals surface area contributed by atoms with Gasteiger partial charge in [-0.2, -0.15) is 0 Å². The Balaban J connectivity index is 2.30. The summed E-state index contributed by atoms with van der Waals surface area (Å²) in [4.78, 5) is 10.1. The summed E-state index contributed by atoms with van der Waals surface area (Å²) in [6, 6.07) is 3.70. The lowest BCUT2D eigenvalue weighted by atomic mass is 9.77. The molecule has 1 aliphatic carbocycles. The molecule has 1 fully saturated rings. The minimum absolute atomic E-state index is 0.0254. The van der Waals surface area contributed by atoms with Crippen LogP contribution in [-0.2, 0) is 0 Å². The lowest BCUT2D eigenvalue weighted by Crippen LogP contribution is -2.26. The Bertz CT molecular complexity index is 416. The molecule has 1 atom stereocenters. The maximum atomic E-state index is 10.6. The normalized spacial score (nSPS) is 17.8.